The summed E-state index contributed by atoms with van der Waals surface area (Å²) in [5.41, 5.74) is 7.36. The van der Waals surface area contributed by atoms with E-state index in [1.54, 1.807) is 5.57 Å². The van der Waals surface area contributed by atoms with Gasteiger partial charge >= 0.3 is 0 Å². The average Bonchev–Trinajstić information content (AvgIpc) is 3.00. The summed E-state index contributed by atoms with van der Waals surface area (Å²) in [7, 11) is 0. The number of nitrogens with zero attached hydrogens (tertiary/aromatic N) is 1. The maximum Gasteiger partial charge on any atom is 0.224 e. The van der Waals surface area contributed by atoms with Crippen molar-refractivity contribution in [1.82, 2.24) is 10.2 Å². The van der Waals surface area contributed by atoms with Crippen LogP contribution in [0.3, 0.4) is 0 Å². The van der Waals surface area contributed by atoms with Crippen LogP contribution in [0, 0.1) is 0 Å². The molecule has 1 fully saturated rings. The molecule has 1 atom stereocenters. The lowest BCUT2D eigenvalue weighted by molar-refractivity contribution is -0.132. The van der Waals surface area contributed by atoms with E-state index >= 15 is 0 Å². The summed E-state index contributed by atoms with van der Waals surface area (Å²) < 4.78 is 0. The summed E-state index contributed by atoms with van der Waals surface area (Å²) in [6, 6.07) is 0.131. The molecule has 0 aromatic heterocycles. The number of nitrogens with two attached hydrogens (primary N) is 1. The molecule has 1 aliphatic carbocycles. The fraction of sp³-hybridized carbons (Fsp3) is 0.812. The highest BCUT2D eigenvalue weighted by Crippen LogP contribution is 2.19. The van der Waals surface area contributed by atoms with Crippen molar-refractivity contribution in [2.75, 3.05) is 26.2 Å². The lowest BCUT2D eigenvalue weighted by Crippen LogP contribution is -2.43. The molecular weight excluding hydrogens is 250 g/mol. The van der Waals surface area contributed by atoms with Gasteiger partial charge in [0.15, 0.2) is 0 Å². The van der Waals surface area contributed by atoms with Crippen molar-refractivity contribution in [2.24, 2.45) is 5.73 Å². The van der Waals surface area contributed by atoms with Crippen LogP contribution in [0.4, 0.5) is 0 Å². The molecular formula is C16H29N3O. The summed E-state index contributed by atoms with van der Waals surface area (Å²) in [6.45, 7) is 3.35. The maximum absolute atomic E-state index is 12.2. The Morgan fingerprint density at radius 2 is 2.10 bits per heavy atom. The number of allylic oxidation sites excluding steroid dienone is 1. The van der Waals surface area contributed by atoms with Gasteiger partial charge in [0, 0.05) is 32.1 Å². The van der Waals surface area contributed by atoms with E-state index in [-0.39, 0.29) is 11.9 Å². The zero-order chi connectivity index (χ0) is 14.2. The summed E-state index contributed by atoms with van der Waals surface area (Å²) in [6.07, 6.45) is 11.4. The SMILES string of the molecule is NCC(CC(=O)N1CCCCC1)NCCC1=CCCC1. The van der Waals surface area contributed by atoms with Crippen molar-refractivity contribution in [3.05, 3.63) is 11.6 Å². The number of amides is 1. The minimum absolute atomic E-state index is 0.131. The quantitative estimate of drug-likeness (QED) is 0.699. The monoisotopic (exact) mass is 279 g/mol. The van der Waals surface area contributed by atoms with Gasteiger partial charge < -0.3 is 16.0 Å². The highest BCUT2D eigenvalue weighted by atomic mass is 16.2. The Kier molecular flexibility index (Phi) is 6.54. The summed E-state index contributed by atoms with van der Waals surface area (Å²) in [5, 5.41) is 3.45. The van der Waals surface area contributed by atoms with E-state index in [0.717, 1.165) is 38.9 Å². The van der Waals surface area contributed by atoms with Gasteiger partial charge in [-0.05, 0) is 51.5 Å². The number of hydrogen-bond donors (Lipinski definition) is 2. The maximum atomic E-state index is 12.2. The Hall–Kier alpha value is -0.870. The van der Waals surface area contributed by atoms with Crippen LogP contribution in [0.2, 0.25) is 0 Å². The van der Waals surface area contributed by atoms with E-state index in [9.17, 15) is 4.79 Å². The Morgan fingerprint density at radius 1 is 1.30 bits per heavy atom. The van der Waals surface area contributed by atoms with Crippen LogP contribution in [0.5, 0.6) is 0 Å². The molecule has 0 radical (unpaired) electrons. The molecule has 1 heterocycles. The summed E-state index contributed by atoms with van der Waals surface area (Å²) in [5.74, 6) is 0.271. The number of carbonyl (C=O) groups excluding carboxylic acids is 1. The van der Waals surface area contributed by atoms with Crippen molar-refractivity contribution in [1.29, 1.82) is 0 Å². The fourth-order valence-electron chi connectivity index (χ4n) is 3.12. The zero-order valence-corrected chi connectivity index (χ0v) is 12.6. The van der Waals surface area contributed by atoms with Crippen LogP contribution in [-0.2, 0) is 4.79 Å². The molecule has 0 aromatic rings. The average molecular weight is 279 g/mol. The van der Waals surface area contributed by atoms with Crippen molar-refractivity contribution < 1.29 is 4.79 Å². The van der Waals surface area contributed by atoms with E-state index in [4.69, 9.17) is 5.73 Å². The van der Waals surface area contributed by atoms with Crippen LogP contribution < -0.4 is 11.1 Å². The Labute approximate surface area is 122 Å². The predicted molar refractivity (Wildman–Crippen MR) is 82.4 cm³/mol. The lowest BCUT2D eigenvalue weighted by atomic mass is 10.1. The molecule has 1 amide bonds. The second kappa shape index (κ2) is 8.42. The van der Waals surface area contributed by atoms with Gasteiger partial charge in [-0.15, -0.1) is 0 Å². The van der Waals surface area contributed by atoms with Gasteiger partial charge in [0.25, 0.3) is 0 Å². The first kappa shape index (κ1) is 15.5. The Morgan fingerprint density at radius 3 is 2.75 bits per heavy atom. The zero-order valence-electron chi connectivity index (χ0n) is 12.6. The van der Waals surface area contributed by atoms with Crippen LogP contribution in [0.1, 0.15) is 51.4 Å². The minimum Gasteiger partial charge on any atom is -0.343 e. The first-order chi connectivity index (χ1) is 9.79. The fourth-order valence-corrected chi connectivity index (χ4v) is 3.12. The normalized spacial score (nSPS) is 20.9. The molecule has 3 N–H and O–H groups in total. The number of likely N-dealkylation sites (tertiary alicyclic amines) is 1. The molecule has 0 spiro atoms. The molecule has 1 saturated heterocycles. The van der Waals surface area contributed by atoms with E-state index in [1.165, 1.54) is 25.7 Å². The highest BCUT2D eigenvalue weighted by molar-refractivity contribution is 5.76. The molecule has 114 valence electrons. The first-order valence-electron chi connectivity index (χ1n) is 8.18. The van der Waals surface area contributed by atoms with Crippen molar-refractivity contribution in [2.45, 2.75) is 57.4 Å². The van der Waals surface area contributed by atoms with Gasteiger partial charge in [-0.1, -0.05) is 11.6 Å². The molecule has 0 aromatic carbocycles. The molecule has 0 saturated carbocycles. The number of nitrogens with one attached hydrogen (secondary N) is 1. The third-order valence-corrected chi connectivity index (χ3v) is 4.43. The topological polar surface area (TPSA) is 58.4 Å². The van der Waals surface area contributed by atoms with E-state index in [0.29, 0.717) is 13.0 Å². The second-order valence-corrected chi connectivity index (χ2v) is 6.04. The smallest absolute Gasteiger partial charge is 0.224 e. The van der Waals surface area contributed by atoms with Crippen molar-refractivity contribution in [3.63, 3.8) is 0 Å². The van der Waals surface area contributed by atoms with E-state index < -0.39 is 0 Å². The van der Waals surface area contributed by atoms with Gasteiger partial charge in [-0.2, -0.15) is 0 Å². The molecule has 1 aliphatic heterocycles. The van der Waals surface area contributed by atoms with Gasteiger partial charge in [0.1, 0.15) is 0 Å². The van der Waals surface area contributed by atoms with Gasteiger partial charge in [-0.25, -0.2) is 0 Å². The summed E-state index contributed by atoms with van der Waals surface area (Å²) >= 11 is 0. The largest absolute Gasteiger partial charge is 0.343 e. The van der Waals surface area contributed by atoms with Gasteiger partial charge in [-0.3, -0.25) is 4.79 Å². The van der Waals surface area contributed by atoms with Gasteiger partial charge in [0.2, 0.25) is 5.91 Å². The van der Waals surface area contributed by atoms with E-state index in [2.05, 4.69) is 11.4 Å². The lowest BCUT2D eigenvalue weighted by Gasteiger charge is -2.28. The number of carbonyl (C=O) groups is 1. The summed E-state index contributed by atoms with van der Waals surface area (Å²) in [4.78, 5) is 14.2. The van der Waals surface area contributed by atoms with Crippen LogP contribution in [0.15, 0.2) is 11.6 Å². The third-order valence-electron chi connectivity index (χ3n) is 4.43. The third kappa shape index (κ3) is 4.91. The van der Waals surface area contributed by atoms with Crippen LogP contribution in [0.25, 0.3) is 0 Å². The highest BCUT2D eigenvalue weighted by Gasteiger charge is 2.19. The van der Waals surface area contributed by atoms with Crippen molar-refractivity contribution in [3.8, 4) is 0 Å². The molecule has 0 bridgehead atoms. The molecule has 2 rings (SSSR count). The van der Waals surface area contributed by atoms with Crippen molar-refractivity contribution >= 4 is 5.91 Å². The first-order valence-corrected chi connectivity index (χ1v) is 8.18. The van der Waals surface area contributed by atoms with Gasteiger partial charge in [0.05, 0.1) is 0 Å². The van der Waals surface area contributed by atoms with Crippen LogP contribution >= 0.6 is 0 Å². The molecule has 4 heteroatoms. The van der Waals surface area contributed by atoms with Crippen LogP contribution in [-0.4, -0.2) is 43.0 Å². The number of hydrogen-bond acceptors (Lipinski definition) is 3. The van der Waals surface area contributed by atoms with E-state index in [1.807, 2.05) is 4.90 Å². The minimum atomic E-state index is 0.131. The molecule has 20 heavy (non-hydrogen) atoms. The second-order valence-electron chi connectivity index (χ2n) is 6.04. The number of rotatable bonds is 7. The standard InChI is InChI=1S/C16H29N3O/c17-13-15(18-9-8-14-6-2-3-7-14)12-16(20)19-10-4-1-5-11-19/h6,15,18H,1-5,7-13,17H2. The predicted octanol–water partition coefficient (Wildman–Crippen LogP) is 1.81. The molecule has 4 nitrogen and oxygen atoms in total. The molecule has 1 unspecified atom stereocenters. The Bertz CT molecular complexity index is 335. The number of piperidine rings is 1. The Balaban J connectivity index is 1.66. The molecule has 2 aliphatic rings.